The Labute approximate surface area is 118 Å². The Bertz CT molecular complexity index is 346. The monoisotopic (exact) mass is 288 g/mol. The maximum absolute atomic E-state index is 12.1. The molecule has 20 heavy (non-hydrogen) atoms. The molecule has 2 amide bonds. The standard InChI is InChI=1S/C13H24N2O5/c1-13(19)5-3-7-15(8-6-13)12(18)14-10(11(16)17)4-9-20-2/h10,19H,3-9H2,1-2H3,(H,14,18)(H,16,17). The van der Waals surface area contributed by atoms with Crippen LogP contribution in [0.4, 0.5) is 4.79 Å². The van der Waals surface area contributed by atoms with E-state index in [2.05, 4.69) is 5.32 Å². The van der Waals surface area contributed by atoms with Crippen molar-refractivity contribution in [3.8, 4) is 0 Å². The quantitative estimate of drug-likeness (QED) is 0.681. The van der Waals surface area contributed by atoms with Gasteiger partial charge in [0.1, 0.15) is 6.04 Å². The molecule has 1 aliphatic rings. The lowest BCUT2D eigenvalue weighted by Gasteiger charge is -2.24. The molecule has 0 spiro atoms. The molecule has 7 heteroatoms. The van der Waals surface area contributed by atoms with Gasteiger partial charge >= 0.3 is 12.0 Å². The first kappa shape index (κ1) is 16.7. The SMILES string of the molecule is COCCC(NC(=O)N1CCCC(C)(O)CC1)C(=O)O. The minimum Gasteiger partial charge on any atom is -0.480 e. The Morgan fingerprint density at radius 1 is 1.40 bits per heavy atom. The third kappa shape index (κ3) is 5.34. The van der Waals surface area contributed by atoms with Gasteiger partial charge in [-0.15, -0.1) is 0 Å². The minimum absolute atomic E-state index is 0.225. The van der Waals surface area contributed by atoms with Gasteiger partial charge in [-0.2, -0.15) is 0 Å². The van der Waals surface area contributed by atoms with Crippen LogP contribution in [0.15, 0.2) is 0 Å². The van der Waals surface area contributed by atoms with E-state index in [0.29, 0.717) is 32.4 Å². The van der Waals surface area contributed by atoms with Crippen molar-refractivity contribution < 1.29 is 24.5 Å². The topological polar surface area (TPSA) is 99.1 Å². The zero-order chi connectivity index (χ0) is 15.2. The number of urea groups is 1. The van der Waals surface area contributed by atoms with Crippen LogP contribution in [0, 0.1) is 0 Å². The molecule has 0 radical (unpaired) electrons. The molecule has 1 aliphatic heterocycles. The number of ether oxygens (including phenoxy) is 1. The number of carboxylic acid groups (broad SMARTS) is 1. The minimum atomic E-state index is -1.07. The summed E-state index contributed by atoms with van der Waals surface area (Å²) in [5.74, 6) is -1.07. The molecule has 2 atom stereocenters. The number of nitrogens with one attached hydrogen (secondary N) is 1. The molecular weight excluding hydrogens is 264 g/mol. The lowest BCUT2D eigenvalue weighted by atomic mass is 9.98. The largest absolute Gasteiger partial charge is 0.480 e. The summed E-state index contributed by atoms with van der Waals surface area (Å²) in [6.45, 7) is 2.98. The van der Waals surface area contributed by atoms with Crippen molar-refractivity contribution in [2.45, 2.75) is 44.2 Å². The van der Waals surface area contributed by atoms with Gasteiger partial charge in [0.25, 0.3) is 0 Å². The molecule has 1 fully saturated rings. The number of carbonyl (C=O) groups is 2. The van der Waals surface area contributed by atoms with Gasteiger partial charge in [0, 0.05) is 33.2 Å². The zero-order valence-corrected chi connectivity index (χ0v) is 12.1. The van der Waals surface area contributed by atoms with Crippen LogP contribution in [0.5, 0.6) is 0 Å². The molecule has 3 N–H and O–H groups in total. The number of nitrogens with zero attached hydrogens (tertiary/aromatic N) is 1. The van der Waals surface area contributed by atoms with Gasteiger partial charge in [-0.05, 0) is 26.2 Å². The van der Waals surface area contributed by atoms with Crippen molar-refractivity contribution in [3.05, 3.63) is 0 Å². The van der Waals surface area contributed by atoms with Crippen molar-refractivity contribution in [1.82, 2.24) is 10.2 Å². The number of aliphatic hydroxyl groups is 1. The van der Waals surface area contributed by atoms with Gasteiger partial charge in [0.05, 0.1) is 5.60 Å². The molecular formula is C13H24N2O5. The first-order valence-corrected chi connectivity index (χ1v) is 6.85. The van der Waals surface area contributed by atoms with Crippen LogP contribution in [0.3, 0.4) is 0 Å². The second kappa shape index (κ2) is 7.44. The lowest BCUT2D eigenvalue weighted by Crippen LogP contribution is -2.48. The number of rotatable bonds is 5. The first-order chi connectivity index (χ1) is 9.35. The van der Waals surface area contributed by atoms with E-state index >= 15 is 0 Å². The van der Waals surface area contributed by atoms with Crippen molar-refractivity contribution in [3.63, 3.8) is 0 Å². The molecule has 116 valence electrons. The summed E-state index contributed by atoms with van der Waals surface area (Å²) < 4.78 is 4.84. The Hall–Kier alpha value is -1.34. The summed E-state index contributed by atoms with van der Waals surface area (Å²) in [5.41, 5.74) is -0.753. The number of carboxylic acids is 1. The fourth-order valence-corrected chi connectivity index (χ4v) is 2.20. The van der Waals surface area contributed by atoms with E-state index in [1.54, 1.807) is 11.8 Å². The Balaban J connectivity index is 2.53. The smallest absolute Gasteiger partial charge is 0.326 e. The summed E-state index contributed by atoms with van der Waals surface area (Å²) in [4.78, 5) is 24.7. The molecule has 0 aromatic rings. The average molecular weight is 288 g/mol. The molecule has 1 saturated heterocycles. The average Bonchev–Trinajstić information content (AvgIpc) is 2.55. The van der Waals surface area contributed by atoms with Gasteiger partial charge < -0.3 is 25.2 Å². The highest BCUT2D eigenvalue weighted by molar-refractivity contribution is 5.82. The summed E-state index contributed by atoms with van der Waals surface area (Å²) in [5, 5.41) is 21.5. The molecule has 1 rings (SSSR count). The number of hydrogen-bond acceptors (Lipinski definition) is 4. The fraction of sp³-hybridized carbons (Fsp3) is 0.846. The Kier molecular flexibility index (Phi) is 6.22. The normalized spacial score (nSPS) is 24.9. The van der Waals surface area contributed by atoms with Crippen LogP contribution < -0.4 is 5.32 Å². The van der Waals surface area contributed by atoms with Gasteiger partial charge in [-0.1, -0.05) is 0 Å². The number of methoxy groups -OCH3 is 1. The molecule has 0 saturated carbocycles. The van der Waals surface area contributed by atoms with E-state index in [1.807, 2.05) is 0 Å². The highest BCUT2D eigenvalue weighted by atomic mass is 16.5. The van der Waals surface area contributed by atoms with Crippen molar-refractivity contribution in [1.29, 1.82) is 0 Å². The molecule has 0 bridgehead atoms. The third-order valence-corrected chi connectivity index (χ3v) is 3.56. The maximum Gasteiger partial charge on any atom is 0.326 e. The van der Waals surface area contributed by atoms with Gasteiger partial charge in [0.15, 0.2) is 0 Å². The number of carbonyl (C=O) groups excluding carboxylic acids is 1. The summed E-state index contributed by atoms with van der Waals surface area (Å²) in [7, 11) is 1.48. The lowest BCUT2D eigenvalue weighted by molar-refractivity contribution is -0.139. The second-order valence-electron chi connectivity index (χ2n) is 5.46. The molecule has 0 aromatic heterocycles. The van der Waals surface area contributed by atoms with Crippen LogP contribution in [-0.2, 0) is 9.53 Å². The molecule has 1 heterocycles. The molecule has 0 aliphatic carbocycles. The molecule has 0 aromatic carbocycles. The zero-order valence-electron chi connectivity index (χ0n) is 12.1. The van der Waals surface area contributed by atoms with E-state index in [4.69, 9.17) is 9.84 Å². The number of aliphatic carboxylic acids is 1. The predicted molar refractivity (Wildman–Crippen MR) is 72.5 cm³/mol. The van der Waals surface area contributed by atoms with Gasteiger partial charge in [-0.3, -0.25) is 0 Å². The third-order valence-electron chi connectivity index (χ3n) is 3.56. The number of likely N-dealkylation sites (tertiary alicyclic amines) is 1. The van der Waals surface area contributed by atoms with Crippen LogP contribution in [0.25, 0.3) is 0 Å². The summed E-state index contributed by atoms with van der Waals surface area (Å²) >= 11 is 0. The van der Waals surface area contributed by atoms with Crippen LogP contribution in [0.1, 0.15) is 32.6 Å². The van der Waals surface area contributed by atoms with Crippen LogP contribution in [-0.4, -0.2) is 65.6 Å². The molecule has 7 nitrogen and oxygen atoms in total. The van der Waals surface area contributed by atoms with Crippen LogP contribution >= 0.6 is 0 Å². The fourth-order valence-electron chi connectivity index (χ4n) is 2.20. The van der Waals surface area contributed by atoms with Crippen molar-refractivity contribution >= 4 is 12.0 Å². The van der Waals surface area contributed by atoms with Gasteiger partial charge in [-0.25, -0.2) is 9.59 Å². The van der Waals surface area contributed by atoms with Crippen molar-refractivity contribution in [2.24, 2.45) is 0 Å². The van der Waals surface area contributed by atoms with E-state index in [0.717, 1.165) is 0 Å². The molecule has 2 unspecified atom stereocenters. The summed E-state index contributed by atoms with van der Waals surface area (Å²) in [6.07, 6.45) is 2.07. The Morgan fingerprint density at radius 3 is 2.70 bits per heavy atom. The van der Waals surface area contributed by atoms with E-state index in [-0.39, 0.29) is 13.0 Å². The predicted octanol–water partition coefficient (Wildman–Crippen LogP) is 0.423. The Morgan fingerprint density at radius 2 is 2.10 bits per heavy atom. The highest BCUT2D eigenvalue weighted by Gasteiger charge is 2.28. The highest BCUT2D eigenvalue weighted by Crippen LogP contribution is 2.21. The van der Waals surface area contributed by atoms with E-state index in [9.17, 15) is 14.7 Å². The van der Waals surface area contributed by atoms with Crippen molar-refractivity contribution in [2.75, 3.05) is 26.8 Å². The van der Waals surface area contributed by atoms with Crippen LogP contribution in [0.2, 0.25) is 0 Å². The maximum atomic E-state index is 12.1. The first-order valence-electron chi connectivity index (χ1n) is 6.85. The second-order valence-corrected chi connectivity index (χ2v) is 5.46. The number of amides is 2. The van der Waals surface area contributed by atoms with E-state index < -0.39 is 23.6 Å². The number of hydrogen-bond donors (Lipinski definition) is 3. The van der Waals surface area contributed by atoms with Gasteiger partial charge in [0.2, 0.25) is 0 Å². The van der Waals surface area contributed by atoms with E-state index in [1.165, 1.54) is 7.11 Å². The summed E-state index contributed by atoms with van der Waals surface area (Å²) in [6, 6.07) is -1.35.